The predicted octanol–water partition coefficient (Wildman–Crippen LogP) is 0.904. The molecule has 2 unspecified atom stereocenters. The smallest absolute Gasteiger partial charge is 0.236 e. The summed E-state index contributed by atoms with van der Waals surface area (Å²) in [7, 11) is 1.90. The van der Waals surface area contributed by atoms with Gasteiger partial charge in [-0.05, 0) is 27.7 Å². The number of amides is 1. The molecule has 1 rings (SSSR count). The molecule has 0 aliphatic heterocycles. The predicted molar refractivity (Wildman–Crippen MR) is 67.6 cm³/mol. The minimum Gasteiger partial charge on any atom is -0.355 e. The van der Waals surface area contributed by atoms with Gasteiger partial charge in [0.2, 0.25) is 5.91 Å². The molecule has 5 nitrogen and oxygen atoms in total. The highest BCUT2D eigenvalue weighted by molar-refractivity contribution is 5.81. The first-order chi connectivity index (χ1) is 7.95. The maximum absolute atomic E-state index is 11.6. The van der Waals surface area contributed by atoms with Crippen LogP contribution >= 0.6 is 0 Å². The fourth-order valence-corrected chi connectivity index (χ4v) is 1.91. The van der Waals surface area contributed by atoms with Gasteiger partial charge in [0, 0.05) is 31.4 Å². The quantitative estimate of drug-likeness (QED) is 0.801. The van der Waals surface area contributed by atoms with Crippen LogP contribution < -0.4 is 10.6 Å². The summed E-state index contributed by atoms with van der Waals surface area (Å²) in [5, 5.41) is 10.4. The number of hydrogen-bond acceptors (Lipinski definition) is 3. The van der Waals surface area contributed by atoms with Crippen molar-refractivity contribution >= 4 is 5.91 Å². The second-order valence-electron chi connectivity index (χ2n) is 4.35. The Morgan fingerprint density at radius 1 is 1.53 bits per heavy atom. The summed E-state index contributed by atoms with van der Waals surface area (Å²) in [4.78, 5) is 11.6. The fraction of sp³-hybridized carbons (Fsp3) is 0.667. The molecule has 96 valence electrons. The number of hydrogen-bond donors (Lipinski definition) is 2. The van der Waals surface area contributed by atoms with Crippen molar-refractivity contribution in [2.45, 2.75) is 39.8 Å². The summed E-state index contributed by atoms with van der Waals surface area (Å²) >= 11 is 0. The summed E-state index contributed by atoms with van der Waals surface area (Å²) < 4.78 is 1.79. The van der Waals surface area contributed by atoms with Gasteiger partial charge in [-0.25, -0.2) is 0 Å². The zero-order valence-corrected chi connectivity index (χ0v) is 11.2. The minimum absolute atomic E-state index is 0.0286. The van der Waals surface area contributed by atoms with Gasteiger partial charge in [0.25, 0.3) is 0 Å². The molecule has 17 heavy (non-hydrogen) atoms. The molecule has 0 saturated carbocycles. The number of rotatable bonds is 5. The molecule has 5 heteroatoms. The molecule has 1 aromatic heterocycles. The molecular weight excluding hydrogens is 216 g/mol. The second kappa shape index (κ2) is 5.82. The lowest BCUT2D eigenvalue weighted by atomic mass is 10.1. The van der Waals surface area contributed by atoms with E-state index in [1.807, 2.05) is 40.9 Å². The van der Waals surface area contributed by atoms with Crippen molar-refractivity contribution in [3.8, 4) is 0 Å². The number of aryl methyl sites for hydroxylation is 2. The van der Waals surface area contributed by atoms with Gasteiger partial charge >= 0.3 is 0 Å². The van der Waals surface area contributed by atoms with Crippen LogP contribution in [0.3, 0.4) is 0 Å². The second-order valence-corrected chi connectivity index (χ2v) is 4.35. The third kappa shape index (κ3) is 3.56. The normalized spacial score (nSPS) is 14.4. The van der Waals surface area contributed by atoms with Gasteiger partial charge in [-0.3, -0.25) is 14.8 Å². The summed E-state index contributed by atoms with van der Waals surface area (Å²) in [5.74, 6) is 0.0286. The highest BCUT2D eigenvalue weighted by Gasteiger charge is 2.17. The molecule has 0 aromatic carbocycles. The Morgan fingerprint density at radius 3 is 2.65 bits per heavy atom. The largest absolute Gasteiger partial charge is 0.355 e. The van der Waals surface area contributed by atoms with E-state index in [1.54, 1.807) is 4.68 Å². The van der Waals surface area contributed by atoms with E-state index in [0.29, 0.717) is 6.54 Å². The topological polar surface area (TPSA) is 59.0 Å². The van der Waals surface area contributed by atoms with Gasteiger partial charge < -0.3 is 5.32 Å². The van der Waals surface area contributed by atoms with Crippen molar-refractivity contribution in [2.75, 3.05) is 6.54 Å². The van der Waals surface area contributed by atoms with Crippen LogP contribution in [-0.4, -0.2) is 28.3 Å². The molecule has 0 aliphatic carbocycles. The lowest BCUT2D eigenvalue weighted by Crippen LogP contribution is -2.43. The molecule has 1 heterocycles. The zero-order chi connectivity index (χ0) is 13.0. The fourth-order valence-electron chi connectivity index (χ4n) is 1.91. The number of nitrogens with one attached hydrogen (secondary N) is 2. The molecule has 0 bridgehead atoms. The molecule has 0 aliphatic rings. The van der Waals surface area contributed by atoms with Crippen molar-refractivity contribution in [3.63, 3.8) is 0 Å². The van der Waals surface area contributed by atoms with E-state index in [4.69, 9.17) is 0 Å². The van der Waals surface area contributed by atoms with Crippen molar-refractivity contribution in [1.82, 2.24) is 20.4 Å². The van der Waals surface area contributed by atoms with E-state index in [0.717, 1.165) is 11.3 Å². The third-order valence-corrected chi connectivity index (χ3v) is 2.76. The standard InChI is InChI=1S/C12H22N4O/c1-6-13-12(17)10(4)14-8(2)11-7-16(5)15-9(11)3/h7-8,10,14H,6H2,1-5H3,(H,13,17). The lowest BCUT2D eigenvalue weighted by molar-refractivity contribution is -0.122. The maximum Gasteiger partial charge on any atom is 0.236 e. The van der Waals surface area contributed by atoms with Gasteiger partial charge in [0.1, 0.15) is 0 Å². The van der Waals surface area contributed by atoms with E-state index < -0.39 is 0 Å². The Bertz CT molecular complexity index is 386. The minimum atomic E-state index is -0.204. The van der Waals surface area contributed by atoms with Crippen molar-refractivity contribution in [3.05, 3.63) is 17.5 Å². The molecule has 0 radical (unpaired) electrons. The molecule has 2 N–H and O–H groups in total. The van der Waals surface area contributed by atoms with Gasteiger partial charge in [0.15, 0.2) is 0 Å². The molecular formula is C12H22N4O. The van der Waals surface area contributed by atoms with E-state index in [9.17, 15) is 4.79 Å². The average Bonchev–Trinajstić information content (AvgIpc) is 2.58. The van der Waals surface area contributed by atoms with Crippen LogP contribution in [0.4, 0.5) is 0 Å². The van der Waals surface area contributed by atoms with Crippen LogP contribution in [0.25, 0.3) is 0 Å². The SMILES string of the molecule is CCNC(=O)C(C)NC(C)c1cn(C)nc1C. The summed E-state index contributed by atoms with van der Waals surface area (Å²) in [6.45, 7) is 8.46. The van der Waals surface area contributed by atoms with E-state index in [1.165, 1.54) is 0 Å². The van der Waals surface area contributed by atoms with E-state index >= 15 is 0 Å². The van der Waals surface area contributed by atoms with Gasteiger partial charge in [0.05, 0.1) is 11.7 Å². The Balaban J connectivity index is 2.63. The first kappa shape index (κ1) is 13.7. The molecule has 1 aromatic rings. The summed E-state index contributed by atoms with van der Waals surface area (Å²) in [5.41, 5.74) is 2.12. The number of aromatic nitrogens is 2. The van der Waals surface area contributed by atoms with Crippen LogP contribution in [0.15, 0.2) is 6.20 Å². The van der Waals surface area contributed by atoms with Gasteiger partial charge in [-0.1, -0.05) is 0 Å². The lowest BCUT2D eigenvalue weighted by Gasteiger charge is -2.19. The van der Waals surface area contributed by atoms with Gasteiger partial charge in [-0.2, -0.15) is 5.10 Å². The Hall–Kier alpha value is -1.36. The monoisotopic (exact) mass is 238 g/mol. The van der Waals surface area contributed by atoms with Gasteiger partial charge in [-0.15, -0.1) is 0 Å². The number of carbonyl (C=O) groups excluding carboxylic acids is 1. The number of likely N-dealkylation sites (N-methyl/N-ethyl adjacent to an activating group) is 1. The highest BCUT2D eigenvalue weighted by Crippen LogP contribution is 2.15. The summed E-state index contributed by atoms with van der Waals surface area (Å²) in [6.07, 6.45) is 1.98. The summed E-state index contributed by atoms with van der Waals surface area (Å²) in [6, 6.07) is -0.0918. The molecule has 0 fully saturated rings. The Morgan fingerprint density at radius 2 is 2.18 bits per heavy atom. The van der Waals surface area contributed by atoms with Crippen LogP contribution in [0.1, 0.15) is 38.1 Å². The molecule has 0 spiro atoms. The molecule has 0 saturated heterocycles. The average molecular weight is 238 g/mol. The van der Waals surface area contributed by atoms with Crippen LogP contribution in [0.2, 0.25) is 0 Å². The molecule has 1 amide bonds. The van der Waals surface area contributed by atoms with Crippen molar-refractivity contribution in [2.24, 2.45) is 7.05 Å². The van der Waals surface area contributed by atoms with E-state index in [-0.39, 0.29) is 18.0 Å². The number of nitrogens with zero attached hydrogens (tertiary/aromatic N) is 2. The highest BCUT2D eigenvalue weighted by atomic mass is 16.2. The van der Waals surface area contributed by atoms with Crippen molar-refractivity contribution in [1.29, 1.82) is 0 Å². The first-order valence-corrected chi connectivity index (χ1v) is 5.99. The van der Waals surface area contributed by atoms with Crippen LogP contribution in [0.5, 0.6) is 0 Å². The number of carbonyl (C=O) groups is 1. The van der Waals surface area contributed by atoms with E-state index in [2.05, 4.69) is 15.7 Å². The van der Waals surface area contributed by atoms with Crippen LogP contribution in [-0.2, 0) is 11.8 Å². The Kier molecular flexibility index (Phi) is 4.69. The Labute approximate surface area is 103 Å². The van der Waals surface area contributed by atoms with Crippen LogP contribution in [0, 0.1) is 6.92 Å². The maximum atomic E-state index is 11.6. The van der Waals surface area contributed by atoms with Crippen molar-refractivity contribution < 1.29 is 4.79 Å². The first-order valence-electron chi connectivity index (χ1n) is 5.99. The molecule has 2 atom stereocenters. The zero-order valence-electron chi connectivity index (χ0n) is 11.2. The third-order valence-electron chi connectivity index (χ3n) is 2.76.